The molecule has 1 aromatic heterocycles. The lowest BCUT2D eigenvalue weighted by Gasteiger charge is -2.13. The summed E-state index contributed by atoms with van der Waals surface area (Å²) in [6.45, 7) is 0.133. The zero-order valence-corrected chi connectivity index (χ0v) is 15.8. The molecule has 0 radical (unpaired) electrons. The lowest BCUT2D eigenvalue weighted by atomic mass is 10.3. The number of hydrogen-bond donors (Lipinski definition) is 2. The number of rotatable bonds is 7. The van der Waals surface area contributed by atoms with Gasteiger partial charge in [0.2, 0.25) is 20.0 Å². The Kier molecular flexibility index (Phi) is 5.71. The second kappa shape index (κ2) is 7.83. The van der Waals surface area contributed by atoms with Crippen LogP contribution in [0.3, 0.4) is 0 Å². The predicted octanol–water partition coefficient (Wildman–Crippen LogP) is 1.78. The van der Waals surface area contributed by atoms with Crippen molar-refractivity contribution in [1.82, 2.24) is 14.4 Å². The van der Waals surface area contributed by atoms with Crippen molar-refractivity contribution >= 4 is 20.0 Å². The fourth-order valence-corrected chi connectivity index (χ4v) is 5.21. The van der Waals surface area contributed by atoms with Gasteiger partial charge in [-0.3, -0.25) is 4.98 Å². The fraction of sp³-hybridized carbons (Fsp3) is 0.353. The summed E-state index contributed by atoms with van der Waals surface area (Å²) >= 11 is 0. The molecule has 0 spiro atoms. The second-order valence-corrected chi connectivity index (χ2v) is 9.74. The first-order chi connectivity index (χ1) is 12.4. The predicted molar refractivity (Wildman–Crippen MR) is 97.3 cm³/mol. The number of nitrogens with one attached hydrogen (secondary N) is 2. The molecule has 0 aliphatic heterocycles. The summed E-state index contributed by atoms with van der Waals surface area (Å²) in [5, 5.41) is 0. The topological polar surface area (TPSA) is 105 Å². The molecule has 0 atom stereocenters. The van der Waals surface area contributed by atoms with E-state index in [9.17, 15) is 16.8 Å². The van der Waals surface area contributed by atoms with Crippen LogP contribution in [0.1, 0.15) is 31.2 Å². The molecular formula is C17H21N3O4S2. The molecule has 7 nitrogen and oxygen atoms in total. The van der Waals surface area contributed by atoms with Crippen LogP contribution in [0.15, 0.2) is 58.6 Å². The molecule has 0 saturated heterocycles. The van der Waals surface area contributed by atoms with E-state index in [4.69, 9.17) is 0 Å². The van der Waals surface area contributed by atoms with E-state index in [0.717, 1.165) is 31.2 Å². The Hall–Kier alpha value is -1.81. The zero-order valence-electron chi connectivity index (χ0n) is 14.1. The molecule has 2 N–H and O–H groups in total. The Balaban J connectivity index is 1.69. The third-order valence-corrected chi connectivity index (χ3v) is 7.29. The van der Waals surface area contributed by atoms with Crippen molar-refractivity contribution in [2.45, 2.75) is 48.1 Å². The zero-order chi connectivity index (χ0) is 18.6. The first-order valence-corrected chi connectivity index (χ1v) is 11.3. The Morgan fingerprint density at radius 3 is 1.96 bits per heavy atom. The van der Waals surface area contributed by atoms with Crippen molar-refractivity contribution in [3.63, 3.8) is 0 Å². The van der Waals surface area contributed by atoms with E-state index >= 15 is 0 Å². The van der Waals surface area contributed by atoms with Crippen molar-refractivity contribution in [2.24, 2.45) is 0 Å². The highest BCUT2D eigenvalue weighted by Gasteiger charge is 2.23. The molecular weight excluding hydrogens is 374 g/mol. The first-order valence-electron chi connectivity index (χ1n) is 8.38. The highest BCUT2D eigenvalue weighted by Crippen LogP contribution is 2.21. The standard InChI is InChI=1S/C17H21N3O4S2/c21-25(22,19-13-14-9-11-18-12-10-14)16-5-7-17(8-6-16)26(23,24)20-15-3-1-2-4-15/h5-12,15,19-20H,1-4,13H2. The van der Waals surface area contributed by atoms with Crippen LogP contribution in [0, 0.1) is 0 Å². The maximum absolute atomic E-state index is 12.4. The molecule has 140 valence electrons. The van der Waals surface area contributed by atoms with Gasteiger partial charge in [-0.25, -0.2) is 26.3 Å². The number of aromatic nitrogens is 1. The molecule has 1 heterocycles. The van der Waals surface area contributed by atoms with Gasteiger partial charge in [-0.1, -0.05) is 12.8 Å². The summed E-state index contributed by atoms with van der Waals surface area (Å²) in [5.41, 5.74) is 0.781. The van der Waals surface area contributed by atoms with Crippen LogP contribution in [0.25, 0.3) is 0 Å². The maximum Gasteiger partial charge on any atom is 0.240 e. The van der Waals surface area contributed by atoms with Gasteiger partial charge in [0, 0.05) is 25.0 Å². The maximum atomic E-state index is 12.4. The summed E-state index contributed by atoms with van der Waals surface area (Å²) in [6, 6.07) is 8.64. The Labute approximate surface area is 154 Å². The van der Waals surface area contributed by atoms with E-state index < -0.39 is 20.0 Å². The van der Waals surface area contributed by atoms with Gasteiger partial charge in [0.1, 0.15) is 0 Å². The third-order valence-electron chi connectivity index (χ3n) is 4.34. The van der Waals surface area contributed by atoms with Crippen molar-refractivity contribution in [3.05, 3.63) is 54.4 Å². The van der Waals surface area contributed by atoms with Crippen LogP contribution < -0.4 is 9.44 Å². The quantitative estimate of drug-likeness (QED) is 0.743. The minimum Gasteiger partial charge on any atom is -0.265 e. The van der Waals surface area contributed by atoms with E-state index in [1.54, 1.807) is 24.5 Å². The number of sulfonamides is 2. The van der Waals surface area contributed by atoms with Crippen LogP contribution in [-0.4, -0.2) is 27.9 Å². The molecule has 26 heavy (non-hydrogen) atoms. The van der Waals surface area contributed by atoms with Crippen LogP contribution in [0.5, 0.6) is 0 Å². The van der Waals surface area contributed by atoms with Gasteiger partial charge < -0.3 is 0 Å². The van der Waals surface area contributed by atoms with Gasteiger partial charge in [-0.05, 0) is 54.8 Å². The fourth-order valence-electron chi connectivity index (χ4n) is 2.89. The van der Waals surface area contributed by atoms with Gasteiger partial charge in [0.15, 0.2) is 0 Å². The monoisotopic (exact) mass is 395 g/mol. The molecule has 1 aromatic carbocycles. The van der Waals surface area contributed by atoms with Gasteiger partial charge in [-0.15, -0.1) is 0 Å². The van der Waals surface area contributed by atoms with Gasteiger partial charge in [-0.2, -0.15) is 0 Å². The highest BCUT2D eigenvalue weighted by atomic mass is 32.2. The minimum absolute atomic E-state index is 0.0198. The van der Waals surface area contributed by atoms with Crippen molar-refractivity contribution in [1.29, 1.82) is 0 Å². The molecule has 1 saturated carbocycles. The van der Waals surface area contributed by atoms with Crippen LogP contribution in [0.4, 0.5) is 0 Å². The normalized spacial score (nSPS) is 16.0. The highest BCUT2D eigenvalue weighted by molar-refractivity contribution is 7.90. The van der Waals surface area contributed by atoms with Crippen molar-refractivity contribution in [3.8, 4) is 0 Å². The Morgan fingerprint density at radius 1 is 0.846 bits per heavy atom. The summed E-state index contributed by atoms with van der Waals surface area (Å²) in [6.07, 6.45) is 6.89. The first kappa shape index (κ1) is 19.0. The molecule has 1 aliphatic carbocycles. The molecule has 0 unspecified atom stereocenters. The second-order valence-electron chi connectivity index (χ2n) is 6.25. The Morgan fingerprint density at radius 2 is 1.38 bits per heavy atom. The van der Waals surface area contributed by atoms with E-state index in [-0.39, 0.29) is 22.4 Å². The summed E-state index contributed by atoms with van der Waals surface area (Å²) < 4.78 is 54.6. The van der Waals surface area contributed by atoms with Gasteiger partial charge in [0.05, 0.1) is 9.79 Å². The van der Waals surface area contributed by atoms with Crippen LogP contribution >= 0.6 is 0 Å². The van der Waals surface area contributed by atoms with E-state index in [1.807, 2.05) is 0 Å². The summed E-state index contributed by atoms with van der Waals surface area (Å²) in [7, 11) is -7.36. The van der Waals surface area contributed by atoms with E-state index in [1.165, 1.54) is 24.3 Å². The molecule has 1 aliphatic rings. The smallest absolute Gasteiger partial charge is 0.240 e. The summed E-state index contributed by atoms with van der Waals surface area (Å²) in [4.78, 5) is 3.96. The SMILES string of the molecule is O=S(=O)(NCc1ccncc1)c1ccc(S(=O)(=O)NC2CCCC2)cc1. The van der Waals surface area contributed by atoms with E-state index in [0.29, 0.717) is 0 Å². The molecule has 9 heteroatoms. The number of hydrogen-bond acceptors (Lipinski definition) is 5. The molecule has 1 fully saturated rings. The van der Waals surface area contributed by atoms with Crippen LogP contribution in [-0.2, 0) is 26.6 Å². The lowest BCUT2D eigenvalue weighted by molar-refractivity contribution is 0.551. The van der Waals surface area contributed by atoms with Crippen molar-refractivity contribution in [2.75, 3.05) is 0 Å². The lowest BCUT2D eigenvalue weighted by Crippen LogP contribution is -2.32. The molecule has 0 amide bonds. The van der Waals surface area contributed by atoms with Gasteiger partial charge in [0.25, 0.3) is 0 Å². The Bertz CT molecular complexity index is 937. The van der Waals surface area contributed by atoms with E-state index in [2.05, 4.69) is 14.4 Å². The number of benzene rings is 1. The molecule has 0 bridgehead atoms. The van der Waals surface area contributed by atoms with Crippen LogP contribution in [0.2, 0.25) is 0 Å². The number of pyridine rings is 1. The average Bonchev–Trinajstić information content (AvgIpc) is 3.13. The number of nitrogens with zero attached hydrogens (tertiary/aromatic N) is 1. The molecule has 2 aromatic rings. The minimum atomic E-state index is -3.73. The largest absolute Gasteiger partial charge is 0.265 e. The summed E-state index contributed by atoms with van der Waals surface area (Å²) in [5.74, 6) is 0. The molecule has 3 rings (SSSR count). The van der Waals surface area contributed by atoms with Gasteiger partial charge >= 0.3 is 0 Å². The third kappa shape index (κ3) is 4.67. The average molecular weight is 396 g/mol. The van der Waals surface area contributed by atoms with Crippen molar-refractivity contribution < 1.29 is 16.8 Å².